The fraction of sp³-hybridized carbons (Fsp3) is 0.435. The number of alkyl halides is 3. The molecular weight excluding hydrogens is 493 g/mol. The van der Waals surface area contributed by atoms with Crippen LogP contribution in [-0.4, -0.2) is 49.0 Å². The number of piperazine rings is 1. The number of anilines is 1. The molecule has 2 aliphatic rings. The first-order valence-corrected chi connectivity index (χ1v) is 12.6. The van der Waals surface area contributed by atoms with Crippen molar-refractivity contribution in [1.82, 2.24) is 4.31 Å². The molecule has 34 heavy (non-hydrogen) atoms. The number of halogens is 4. The quantitative estimate of drug-likeness (QED) is 0.647. The number of carboxylic acid groups (broad SMARTS) is 1. The van der Waals surface area contributed by atoms with Crippen molar-refractivity contribution in [2.75, 3.05) is 18.0 Å². The fourth-order valence-electron chi connectivity index (χ4n) is 5.28. The molecule has 6 nitrogen and oxygen atoms in total. The van der Waals surface area contributed by atoms with Gasteiger partial charge in [0.1, 0.15) is 0 Å². The summed E-state index contributed by atoms with van der Waals surface area (Å²) in [5.74, 6) is -1.41. The van der Waals surface area contributed by atoms with Crippen LogP contribution in [0.5, 0.6) is 0 Å². The van der Waals surface area contributed by atoms with Gasteiger partial charge in [0, 0.05) is 30.9 Å². The molecule has 1 fully saturated rings. The zero-order valence-electron chi connectivity index (χ0n) is 18.5. The maximum absolute atomic E-state index is 14.0. The van der Waals surface area contributed by atoms with Gasteiger partial charge in [0.15, 0.2) is 0 Å². The van der Waals surface area contributed by atoms with Gasteiger partial charge in [-0.3, -0.25) is 4.79 Å². The molecule has 1 unspecified atom stereocenters. The third kappa shape index (κ3) is 3.76. The van der Waals surface area contributed by atoms with Crippen LogP contribution in [0.3, 0.4) is 0 Å². The SMILES string of the molecule is C[C@@H]1CN(c2ccc(C(F)(F)F)c(Cl)c2)C[C@H](C)N1S(=O)(=O)C1(C(=O)O)CCc2ccccc21. The standard InChI is InChI=1S/C23H24ClF3N2O4S/c1-14-12-28(17-7-8-19(20(24)11-17)23(25,26)27)13-15(2)29(14)34(32,33)22(21(30)31)10-9-16-5-3-4-6-18(16)22/h3-8,11,14-15H,9-10,12-13H2,1-2H3,(H,30,31)/t14-,15+,22?. The zero-order valence-corrected chi connectivity index (χ0v) is 20.1. The number of sulfonamides is 1. The summed E-state index contributed by atoms with van der Waals surface area (Å²) in [6.07, 6.45) is -4.29. The van der Waals surface area contributed by atoms with Gasteiger partial charge in [-0.2, -0.15) is 17.5 Å². The fourth-order valence-corrected chi connectivity index (χ4v) is 8.06. The van der Waals surface area contributed by atoms with E-state index in [1.807, 2.05) is 0 Å². The molecule has 1 aliphatic carbocycles. The number of benzene rings is 2. The van der Waals surface area contributed by atoms with Crippen LogP contribution in [0.4, 0.5) is 18.9 Å². The summed E-state index contributed by atoms with van der Waals surface area (Å²) in [7, 11) is -4.34. The molecule has 0 aromatic heterocycles. The Morgan fingerprint density at radius 3 is 2.29 bits per heavy atom. The Hall–Kier alpha value is -2.30. The molecule has 3 atom stereocenters. The Kier molecular flexibility index (Phi) is 6.15. The van der Waals surface area contributed by atoms with E-state index < -0.39 is 49.6 Å². The molecule has 184 valence electrons. The van der Waals surface area contributed by atoms with E-state index in [1.165, 1.54) is 16.4 Å². The van der Waals surface area contributed by atoms with Gasteiger partial charge in [-0.15, -0.1) is 0 Å². The van der Waals surface area contributed by atoms with E-state index in [1.54, 1.807) is 43.0 Å². The summed E-state index contributed by atoms with van der Waals surface area (Å²) in [6, 6.07) is 8.88. The van der Waals surface area contributed by atoms with Crippen LogP contribution in [0, 0.1) is 0 Å². The summed E-state index contributed by atoms with van der Waals surface area (Å²) >= 11 is 5.88. The lowest BCUT2D eigenvalue weighted by Gasteiger charge is -2.46. The van der Waals surface area contributed by atoms with Crippen molar-refractivity contribution >= 4 is 33.3 Å². The Balaban J connectivity index is 1.67. The van der Waals surface area contributed by atoms with E-state index in [9.17, 15) is 31.5 Å². The monoisotopic (exact) mass is 516 g/mol. The highest BCUT2D eigenvalue weighted by molar-refractivity contribution is 7.91. The third-order valence-electron chi connectivity index (χ3n) is 6.72. The van der Waals surface area contributed by atoms with Gasteiger partial charge in [-0.05, 0) is 56.0 Å². The van der Waals surface area contributed by atoms with Crippen molar-refractivity contribution in [3.8, 4) is 0 Å². The predicted octanol–water partition coefficient (Wildman–Crippen LogP) is 4.51. The maximum Gasteiger partial charge on any atom is 0.417 e. The minimum atomic E-state index is -4.58. The lowest BCUT2D eigenvalue weighted by atomic mass is 10.0. The first kappa shape index (κ1) is 24.8. The zero-order chi connectivity index (χ0) is 25.1. The Morgan fingerprint density at radius 1 is 1.12 bits per heavy atom. The average molecular weight is 517 g/mol. The van der Waals surface area contributed by atoms with E-state index in [-0.39, 0.29) is 19.5 Å². The summed E-state index contributed by atoms with van der Waals surface area (Å²) in [5.41, 5.74) is 0.488. The Labute approximate surface area is 201 Å². The summed E-state index contributed by atoms with van der Waals surface area (Å²) in [6.45, 7) is 3.68. The van der Waals surface area contributed by atoms with Crippen LogP contribution in [0.2, 0.25) is 5.02 Å². The van der Waals surface area contributed by atoms with Crippen molar-refractivity contribution in [2.45, 2.75) is 49.7 Å². The number of carboxylic acids is 1. The molecule has 1 aliphatic heterocycles. The number of hydrogen-bond acceptors (Lipinski definition) is 4. The van der Waals surface area contributed by atoms with Crippen LogP contribution in [0.25, 0.3) is 0 Å². The minimum absolute atomic E-state index is 0.0574. The third-order valence-corrected chi connectivity index (χ3v) is 9.79. The number of fused-ring (bicyclic) bond motifs is 1. The number of carbonyl (C=O) groups is 1. The van der Waals surface area contributed by atoms with Gasteiger partial charge >= 0.3 is 12.1 Å². The van der Waals surface area contributed by atoms with Crippen molar-refractivity contribution in [2.24, 2.45) is 0 Å². The van der Waals surface area contributed by atoms with E-state index in [0.717, 1.165) is 6.07 Å². The molecule has 1 saturated heterocycles. The predicted molar refractivity (Wildman–Crippen MR) is 122 cm³/mol. The maximum atomic E-state index is 14.0. The van der Waals surface area contributed by atoms with Crippen LogP contribution >= 0.6 is 11.6 Å². The second-order valence-corrected chi connectivity index (χ2v) is 11.4. The Bertz CT molecular complexity index is 1220. The van der Waals surface area contributed by atoms with E-state index >= 15 is 0 Å². The first-order valence-electron chi connectivity index (χ1n) is 10.8. The number of hydrogen-bond donors (Lipinski definition) is 1. The minimum Gasteiger partial charge on any atom is -0.480 e. The molecule has 2 aromatic rings. The van der Waals surface area contributed by atoms with E-state index in [4.69, 9.17) is 11.6 Å². The van der Waals surface area contributed by atoms with Gasteiger partial charge < -0.3 is 10.0 Å². The molecule has 0 spiro atoms. The molecule has 11 heteroatoms. The van der Waals surface area contributed by atoms with Crippen molar-refractivity contribution in [1.29, 1.82) is 0 Å². The highest BCUT2D eigenvalue weighted by atomic mass is 35.5. The molecule has 4 rings (SSSR count). The van der Waals surface area contributed by atoms with Gasteiger partial charge in [0.2, 0.25) is 14.8 Å². The van der Waals surface area contributed by atoms with Crippen LogP contribution in [0.1, 0.15) is 37.0 Å². The van der Waals surface area contributed by atoms with Crippen molar-refractivity contribution in [3.05, 3.63) is 64.2 Å². The number of aryl methyl sites for hydroxylation is 1. The van der Waals surface area contributed by atoms with E-state index in [0.29, 0.717) is 23.2 Å². The highest BCUT2D eigenvalue weighted by Crippen LogP contribution is 2.46. The van der Waals surface area contributed by atoms with E-state index in [2.05, 4.69) is 0 Å². The summed E-state index contributed by atoms with van der Waals surface area (Å²) in [5, 5.41) is 9.74. The van der Waals surface area contributed by atoms with Crippen molar-refractivity contribution in [3.63, 3.8) is 0 Å². The van der Waals surface area contributed by atoms with Gasteiger partial charge in [0.25, 0.3) is 0 Å². The molecule has 0 radical (unpaired) electrons. The first-order chi connectivity index (χ1) is 15.8. The van der Waals surface area contributed by atoms with Gasteiger partial charge in [-0.1, -0.05) is 35.9 Å². The average Bonchev–Trinajstić information content (AvgIpc) is 3.13. The highest BCUT2D eigenvalue weighted by Gasteiger charge is 2.60. The van der Waals surface area contributed by atoms with Crippen LogP contribution in [0.15, 0.2) is 42.5 Å². The summed E-state index contributed by atoms with van der Waals surface area (Å²) < 4.78 is 66.3. The molecule has 1 heterocycles. The number of rotatable bonds is 4. The lowest BCUT2D eigenvalue weighted by Crippen LogP contribution is -2.63. The van der Waals surface area contributed by atoms with Crippen molar-refractivity contribution < 1.29 is 31.5 Å². The normalized spacial score (nSPS) is 25.9. The number of aliphatic carboxylic acids is 1. The van der Waals surface area contributed by atoms with Gasteiger partial charge in [0.05, 0.1) is 10.6 Å². The van der Waals surface area contributed by atoms with Gasteiger partial charge in [-0.25, -0.2) is 8.42 Å². The molecular formula is C23H24ClF3N2O4S. The second-order valence-electron chi connectivity index (χ2n) is 8.89. The molecule has 2 aromatic carbocycles. The molecule has 1 N–H and O–H groups in total. The van der Waals surface area contributed by atoms with Crippen LogP contribution in [-0.2, 0) is 32.2 Å². The second kappa shape index (κ2) is 8.42. The topological polar surface area (TPSA) is 77.9 Å². The Morgan fingerprint density at radius 2 is 1.74 bits per heavy atom. The number of nitrogens with zero attached hydrogens (tertiary/aromatic N) is 2. The lowest BCUT2D eigenvalue weighted by molar-refractivity contribution is -0.140. The molecule has 0 saturated carbocycles. The smallest absolute Gasteiger partial charge is 0.417 e. The summed E-state index contributed by atoms with van der Waals surface area (Å²) in [4.78, 5) is 14.3. The van der Waals surface area contributed by atoms with Crippen LogP contribution < -0.4 is 4.90 Å². The molecule has 0 amide bonds. The molecule has 0 bridgehead atoms. The largest absolute Gasteiger partial charge is 0.480 e.